The summed E-state index contributed by atoms with van der Waals surface area (Å²) in [4.78, 5) is 4.32. The number of nitriles is 2. The third kappa shape index (κ3) is 3.38. The van der Waals surface area contributed by atoms with Crippen LogP contribution in [0.5, 0.6) is 0 Å². The molecule has 0 bridgehead atoms. The van der Waals surface area contributed by atoms with Crippen LogP contribution in [0, 0.1) is 22.7 Å². The Morgan fingerprint density at radius 1 is 1.11 bits per heavy atom. The average Bonchev–Trinajstić information content (AvgIpc) is 3.08. The quantitative estimate of drug-likeness (QED) is 0.855. The Balaban J connectivity index is 1.65. The van der Waals surface area contributed by atoms with E-state index in [2.05, 4.69) is 27.3 Å². The van der Waals surface area contributed by atoms with E-state index in [1.54, 1.807) is 18.2 Å². The first-order valence-corrected chi connectivity index (χ1v) is 9.29. The highest BCUT2D eigenvalue weighted by Crippen LogP contribution is 2.38. The fourth-order valence-electron chi connectivity index (χ4n) is 3.85. The maximum atomic E-state index is 13.9. The van der Waals surface area contributed by atoms with Crippen molar-refractivity contribution in [2.75, 3.05) is 23.3 Å². The molecule has 0 aliphatic carbocycles. The molecule has 0 spiro atoms. The summed E-state index contributed by atoms with van der Waals surface area (Å²) in [5, 5.41) is 21.8. The number of nitrogens with two attached hydrogens (primary N) is 1. The minimum Gasteiger partial charge on any atom is -0.351 e. The number of likely N-dealkylation sites (tertiary alicyclic amines) is 1. The first-order chi connectivity index (χ1) is 13.6. The molecule has 2 aromatic rings. The number of piperidine rings is 1. The number of hydrogen-bond acceptors (Lipinski definition) is 6. The molecule has 28 heavy (non-hydrogen) atoms. The number of rotatable bonds is 3. The van der Waals surface area contributed by atoms with Gasteiger partial charge >= 0.3 is 0 Å². The fraction of sp³-hybridized carbons (Fsp3) is 0.333. The van der Waals surface area contributed by atoms with Crippen molar-refractivity contribution >= 4 is 11.4 Å². The highest BCUT2D eigenvalue weighted by molar-refractivity contribution is 5.77. The normalized spacial score (nSPS) is 24.1. The van der Waals surface area contributed by atoms with Crippen molar-refractivity contribution in [3.63, 3.8) is 0 Å². The Morgan fingerprint density at radius 3 is 2.50 bits per heavy atom. The predicted octanol–water partition coefficient (Wildman–Crippen LogP) is 2.52. The number of alkyl halides is 1. The molecule has 3 atom stereocenters. The first-order valence-electron chi connectivity index (χ1n) is 9.29. The number of halogens is 1. The molecular weight excluding hydrogens is 355 g/mol. The molecule has 4 rings (SSSR count). The molecule has 1 saturated heterocycles. The van der Waals surface area contributed by atoms with Gasteiger partial charge in [-0.05, 0) is 42.3 Å². The van der Waals surface area contributed by atoms with E-state index in [9.17, 15) is 9.65 Å². The summed E-state index contributed by atoms with van der Waals surface area (Å²) in [7, 11) is 0. The molecule has 2 aliphatic heterocycles. The topological polar surface area (TPSA) is 92.1 Å². The summed E-state index contributed by atoms with van der Waals surface area (Å²) < 4.78 is 13.9. The van der Waals surface area contributed by atoms with Crippen LogP contribution in [-0.2, 0) is 6.54 Å². The lowest BCUT2D eigenvalue weighted by molar-refractivity contribution is 0.101. The molecule has 7 heteroatoms. The molecule has 2 aliphatic rings. The summed E-state index contributed by atoms with van der Waals surface area (Å²) in [6.07, 6.45) is -0.737. The van der Waals surface area contributed by atoms with Crippen molar-refractivity contribution in [3.8, 4) is 12.1 Å². The van der Waals surface area contributed by atoms with Crippen LogP contribution in [0.3, 0.4) is 0 Å². The van der Waals surface area contributed by atoms with Crippen LogP contribution >= 0.6 is 0 Å². The lowest BCUT2D eigenvalue weighted by atomic mass is 10.0. The van der Waals surface area contributed by atoms with Crippen molar-refractivity contribution in [1.82, 2.24) is 4.90 Å². The zero-order chi connectivity index (χ0) is 19.7. The van der Waals surface area contributed by atoms with Gasteiger partial charge in [0.1, 0.15) is 6.17 Å². The van der Waals surface area contributed by atoms with E-state index in [-0.39, 0.29) is 6.29 Å². The summed E-state index contributed by atoms with van der Waals surface area (Å²) in [5.74, 6) is 0. The number of fused-ring (bicyclic) bond motifs is 1. The van der Waals surface area contributed by atoms with Crippen molar-refractivity contribution in [2.24, 2.45) is 5.73 Å². The number of benzene rings is 2. The minimum atomic E-state index is -0.975. The second-order valence-electron chi connectivity index (χ2n) is 7.26. The Kier molecular flexibility index (Phi) is 4.87. The largest absolute Gasteiger partial charge is 0.351 e. The molecule has 6 nitrogen and oxygen atoms in total. The summed E-state index contributed by atoms with van der Waals surface area (Å²) in [6, 6.07) is 16.8. The van der Waals surface area contributed by atoms with E-state index >= 15 is 0 Å². The molecule has 3 N–H and O–H groups in total. The molecule has 0 radical (unpaired) electrons. The monoisotopic (exact) mass is 376 g/mol. The van der Waals surface area contributed by atoms with E-state index in [1.807, 2.05) is 24.3 Å². The maximum Gasteiger partial charge on any atom is 0.158 e. The molecule has 142 valence electrons. The third-order valence-corrected chi connectivity index (χ3v) is 5.40. The van der Waals surface area contributed by atoms with Gasteiger partial charge in [-0.2, -0.15) is 10.5 Å². The van der Waals surface area contributed by atoms with Gasteiger partial charge in [-0.25, -0.2) is 4.39 Å². The van der Waals surface area contributed by atoms with Crippen LogP contribution in [-0.4, -0.2) is 36.5 Å². The number of anilines is 2. The highest BCUT2D eigenvalue weighted by Gasteiger charge is 2.37. The molecule has 0 aromatic heterocycles. The van der Waals surface area contributed by atoms with Crippen LogP contribution in [0.2, 0.25) is 0 Å². The number of nitrogens with zero attached hydrogens (tertiary/aromatic N) is 4. The Bertz CT molecular complexity index is 945. The second-order valence-corrected chi connectivity index (χ2v) is 7.26. The van der Waals surface area contributed by atoms with Gasteiger partial charge in [-0.3, -0.25) is 4.90 Å². The van der Waals surface area contributed by atoms with Gasteiger partial charge in [0.25, 0.3) is 0 Å². The molecule has 2 heterocycles. The van der Waals surface area contributed by atoms with Crippen LogP contribution in [0.15, 0.2) is 42.5 Å². The summed E-state index contributed by atoms with van der Waals surface area (Å²) in [5.41, 5.74) is 10.1. The van der Waals surface area contributed by atoms with E-state index in [1.165, 1.54) is 0 Å². The van der Waals surface area contributed by atoms with Crippen LogP contribution < -0.4 is 16.0 Å². The van der Waals surface area contributed by atoms with Crippen molar-refractivity contribution in [2.45, 2.75) is 31.5 Å². The molecule has 0 amide bonds. The van der Waals surface area contributed by atoms with Crippen molar-refractivity contribution in [3.05, 3.63) is 59.2 Å². The van der Waals surface area contributed by atoms with E-state index in [0.29, 0.717) is 37.2 Å². The van der Waals surface area contributed by atoms with Gasteiger partial charge in [0.15, 0.2) is 6.29 Å². The van der Waals surface area contributed by atoms with Gasteiger partial charge in [0.2, 0.25) is 0 Å². The maximum absolute atomic E-state index is 13.9. The van der Waals surface area contributed by atoms with Crippen molar-refractivity contribution < 1.29 is 4.39 Å². The molecule has 1 fully saturated rings. The van der Waals surface area contributed by atoms with Crippen LogP contribution in [0.1, 0.15) is 23.1 Å². The third-order valence-electron chi connectivity index (χ3n) is 5.40. The second kappa shape index (κ2) is 7.47. The summed E-state index contributed by atoms with van der Waals surface area (Å²) >= 11 is 0. The number of hydrogen-bond donors (Lipinski definition) is 2. The predicted molar refractivity (Wildman–Crippen MR) is 105 cm³/mol. The van der Waals surface area contributed by atoms with Gasteiger partial charge in [-0.15, -0.1) is 0 Å². The van der Waals surface area contributed by atoms with E-state index < -0.39 is 12.2 Å². The SMILES string of the molecule is N#Cc1ccc(CN2c3cc(C#N)ccc3NC2N2CC[C@@H](F)[C@H](N)C2)cc1. The first kappa shape index (κ1) is 18.2. The zero-order valence-corrected chi connectivity index (χ0v) is 15.3. The lowest BCUT2D eigenvalue weighted by Gasteiger charge is -2.41. The number of nitrogens with one attached hydrogen (secondary N) is 1. The Morgan fingerprint density at radius 2 is 1.82 bits per heavy atom. The van der Waals surface area contributed by atoms with Crippen LogP contribution in [0.25, 0.3) is 0 Å². The Hall–Kier alpha value is -3.13. The van der Waals surface area contributed by atoms with Gasteiger partial charge in [-0.1, -0.05) is 12.1 Å². The fourth-order valence-corrected chi connectivity index (χ4v) is 3.85. The van der Waals surface area contributed by atoms with E-state index in [4.69, 9.17) is 11.0 Å². The molecular formula is C21H21FN6. The highest BCUT2D eigenvalue weighted by atomic mass is 19.1. The molecule has 1 unspecified atom stereocenters. The zero-order valence-electron chi connectivity index (χ0n) is 15.3. The van der Waals surface area contributed by atoms with Crippen LogP contribution in [0.4, 0.5) is 15.8 Å². The average molecular weight is 376 g/mol. The minimum absolute atomic E-state index is 0.168. The smallest absolute Gasteiger partial charge is 0.158 e. The summed E-state index contributed by atoms with van der Waals surface area (Å²) in [6.45, 7) is 1.66. The van der Waals surface area contributed by atoms with Gasteiger partial charge in [0, 0.05) is 25.7 Å². The molecule has 2 aromatic carbocycles. The standard InChI is InChI=1S/C21H21FN6/c22-17-7-8-27(13-18(17)25)21-26-19-6-5-16(11-24)9-20(19)28(21)12-15-3-1-14(10-23)2-4-15/h1-6,9,17-18,21,26H,7-8,12-13,25H2/t17-,18-,21?/m1/s1. The molecule has 0 saturated carbocycles. The van der Waals surface area contributed by atoms with E-state index in [0.717, 1.165) is 16.9 Å². The van der Waals surface area contributed by atoms with Crippen molar-refractivity contribution in [1.29, 1.82) is 10.5 Å². The van der Waals surface area contributed by atoms with Gasteiger partial charge < -0.3 is 16.0 Å². The van der Waals surface area contributed by atoms with Gasteiger partial charge in [0.05, 0.1) is 34.6 Å². The Labute approximate surface area is 163 Å². The lowest BCUT2D eigenvalue weighted by Crippen LogP contribution is -2.58.